The Bertz CT molecular complexity index is 394. The van der Waals surface area contributed by atoms with Gasteiger partial charge < -0.3 is 15.0 Å². The van der Waals surface area contributed by atoms with E-state index in [1.807, 2.05) is 11.3 Å². The molecule has 0 radical (unpaired) electrons. The minimum absolute atomic E-state index is 0.613. The molecule has 0 aliphatic carbocycles. The number of nitrogens with zero attached hydrogens (tertiary/aromatic N) is 2. The van der Waals surface area contributed by atoms with Gasteiger partial charge in [0.05, 0.1) is 12.3 Å². The molecule has 1 atom stereocenters. The topological polar surface area (TPSA) is 37.4 Å². The Kier molecular flexibility index (Phi) is 5.60. The zero-order valence-corrected chi connectivity index (χ0v) is 13.1. The Balaban J connectivity index is 2.08. The van der Waals surface area contributed by atoms with E-state index in [9.17, 15) is 0 Å². The largest absolute Gasteiger partial charge is 0.378 e. The summed E-state index contributed by atoms with van der Waals surface area (Å²) in [4.78, 5) is 8.54. The van der Waals surface area contributed by atoms with E-state index in [0.717, 1.165) is 37.8 Å². The first-order chi connectivity index (χ1) is 9.28. The van der Waals surface area contributed by atoms with Crippen molar-refractivity contribution in [1.82, 2.24) is 10.3 Å². The summed E-state index contributed by atoms with van der Waals surface area (Å²) >= 11 is 1.82. The number of aromatic nitrogens is 1. The molecule has 1 N–H and O–H groups in total. The van der Waals surface area contributed by atoms with Gasteiger partial charge in [-0.2, -0.15) is 0 Å². The summed E-state index contributed by atoms with van der Waals surface area (Å²) in [6.45, 7) is 9.23. The van der Waals surface area contributed by atoms with E-state index in [4.69, 9.17) is 9.72 Å². The van der Waals surface area contributed by atoms with Crippen LogP contribution < -0.4 is 10.2 Å². The van der Waals surface area contributed by atoms with Crippen LogP contribution in [0.3, 0.4) is 0 Å². The first-order valence-corrected chi connectivity index (χ1v) is 8.03. The lowest BCUT2D eigenvalue weighted by molar-refractivity contribution is 0.181. The molecule has 1 aliphatic rings. The van der Waals surface area contributed by atoms with Gasteiger partial charge in [0, 0.05) is 31.6 Å². The number of anilines is 1. The predicted molar refractivity (Wildman–Crippen MR) is 80.8 cm³/mol. The number of thiazole rings is 1. The van der Waals surface area contributed by atoms with E-state index in [1.165, 1.54) is 22.9 Å². The molecule has 1 unspecified atom stereocenters. The third-order valence-electron chi connectivity index (χ3n) is 3.72. The van der Waals surface area contributed by atoms with Gasteiger partial charge in [0.1, 0.15) is 0 Å². The zero-order chi connectivity index (χ0) is 13.7. The van der Waals surface area contributed by atoms with Gasteiger partial charge in [-0.15, -0.1) is 11.3 Å². The van der Waals surface area contributed by atoms with Crippen molar-refractivity contribution in [2.75, 3.05) is 31.6 Å². The number of hydrogen-bond acceptors (Lipinski definition) is 5. The molecule has 0 aromatic carbocycles. The van der Waals surface area contributed by atoms with Gasteiger partial charge in [-0.3, -0.25) is 0 Å². The second-order valence-electron chi connectivity index (χ2n) is 5.09. The smallest absolute Gasteiger partial charge is 0.185 e. The first kappa shape index (κ1) is 14.8. The molecule has 1 aromatic heterocycles. The van der Waals surface area contributed by atoms with Crippen LogP contribution in [0.1, 0.15) is 37.3 Å². The van der Waals surface area contributed by atoms with Gasteiger partial charge in [-0.1, -0.05) is 20.3 Å². The van der Waals surface area contributed by atoms with Crippen molar-refractivity contribution in [3.63, 3.8) is 0 Å². The van der Waals surface area contributed by atoms with Crippen LogP contribution in [0.5, 0.6) is 0 Å². The van der Waals surface area contributed by atoms with Crippen molar-refractivity contribution in [3.05, 3.63) is 10.6 Å². The standard InChI is InChI=1S/C14H25N3OS/c1-4-11-6-7-17(9-11)14-16-12(10-18-3)13(19-14)8-15-5-2/h11,15H,4-10H2,1-3H3. The molecule has 1 aliphatic heterocycles. The Morgan fingerprint density at radius 3 is 2.95 bits per heavy atom. The number of nitrogens with one attached hydrogen (secondary N) is 1. The maximum atomic E-state index is 5.26. The van der Waals surface area contributed by atoms with Crippen LogP contribution in [0.2, 0.25) is 0 Å². The Hall–Kier alpha value is -0.650. The maximum absolute atomic E-state index is 5.26. The highest BCUT2D eigenvalue weighted by Crippen LogP contribution is 2.31. The van der Waals surface area contributed by atoms with E-state index >= 15 is 0 Å². The van der Waals surface area contributed by atoms with Crippen molar-refractivity contribution in [2.24, 2.45) is 5.92 Å². The van der Waals surface area contributed by atoms with Crippen molar-refractivity contribution in [1.29, 1.82) is 0 Å². The minimum atomic E-state index is 0.613. The fraction of sp³-hybridized carbons (Fsp3) is 0.786. The van der Waals surface area contributed by atoms with E-state index in [0.29, 0.717) is 6.61 Å². The van der Waals surface area contributed by atoms with Gasteiger partial charge in [0.15, 0.2) is 5.13 Å². The van der Waals surface area contributed by atoms with Crippen LogP contribution in [-0.2, 0) is 17.9 Å². The third-order valence-corrected chi connectivity index (χ3v) is 4.88. The SMILES string of the molecule is CCNCc1sc(N2CCC(CC)C2)nc1COC. The van der Waals surface area contributed by atoms with Crippen LogP contribution in [0, 0.1) is 5.92 Å². The number of ether oxygens (including phenoxy) is 1. The zero-order valence-electron chi connectivity index (χ0n) is 12.2. The molecule has 2 rings (SSSR count). The Morgan fingerprint density at radius 1 is 1.47 bits per heavy atom. The predicted octanol–water partition coefficient (Wildman–Crippen LogP) is 2.64. The average Bonchev–Trinajstić information content (AvgIpc) is 3.03. The van der Waals surface area contributed by atoms with Gasteiger partial charge in [-0.05, 0) is 18.9 Å². The lowest BCUT2D eigenvalue weighted by Gasteiger charge is -2.14. The molecule has 1 aromatic rings. The summed E-state index contributed by atoms with van der Waals surface area (Å²) in [6.07, 6.45) is 2.58. The Labute approximate surface area is 120 Å². The van der Waals surface area contributed by atoms with Crippen molar-refractivity contribution in [3.8, 4) is 0 Å². The normalized spacial score (nSPS) is 19.3. The van der Waals surface area contributed by atoms with Crippen molar-refractivity contribution < 1.29 is 4.74 Å². The summed E-state index contributed by atoms with van der Waals surface area (Å²) in [5.74, 6) is 0.840. The molecule has 5 heteroatoms. The van der Waals surface area contributed by atoms with Gasteiger partial charge in [-0.25, -0.2) is 4.98 Å². The number of rotatable bonds is 7. The second kappa shape index (κ2) is 7.22. The molecule has 0 spiro atoms. The maximum Gasteiger partial charge on any atom is 0.185 e. The molecule has 0 saturated carbocycles. The van der Waals surface area contributed by atoms with Crippen molar-refractivity contribution in [2.45, 2.75) is 39.8 Å². The molecule has 19 heavy (non-hydrogen) atoms. The van der Waals surface area contributed by atoms with Crippen LogP contribution in [-0.4, -0.2) is 31.7 Å². The highest BCUT2D eigenvalue weighted by atomic mass is 32.1. The summed E-state index contributed by atoms with van der Waals surface area (Å²) in [5, 5.41) is 4.56. The minimum Gasteiger partial charge on any atom is -0.378 e. The summed E-state index contributed by atoms with van der Waals surface area (Å²) in [7, 11) is 1.74. The number of methoxy groups -OCH3 is 1. The summed E-state index contributed by atoms with van der Waals surface area (Å²) in [5.41, 5.74) is 1.10. The molecule has 1 saturated heterocycles. The molecule has 2 heterocycles. The average molecular weight is 283 g/mol. The molecule has 4 nitrogen and oxygen atoms in total. The highest BCUT2D eigenvalue weighted by Gasteiger charge is 2.24. The monoisotopic (exact) mass is 283 g/mol. The van der Waals surface area contributed by atoms with Crippen LogP contribution in [0.25, 0.3) is 0 Å². The first-order valence-electron chi connectivity index (χ1n) is 7.21. The molecule has 108 valence electrons. The molecular formula is C14H25N3OS. The van der Waals surface area contributed by atoms with E-state index in [-0.39, 0.29) is 0 Å². The molecular weight excluding hydrogens is 258 g/mol. The molecule has 0 bridgehead atoms. The van der Waals surface area contributed by atoms with Gasteiger partial charge in [0.2, 0.25) is 0 Å². The lowest BCUT2D eigenvalue weighted by atomic mass is 10.1. The van der Waals surface area contributed by atoms with Gasteiger partial charge in [0.25, 0.3) is 0 Å². The van der Waals surface area contributed by atoms with Crippen molar-refractivity contribution >= 4 is 16.5 Å². The molecule has 1 fully saturated rings. The van der Waals surface area contributed by atoms with Gasteiger partial charge >= 0.3 is 0 Å². The fourth-order valence-electron chi connectivity index (χ4n) is 2.47. The van der Waals surface area contributed by atoms with Crippen LogP contribution in [0.15, 0.2) is 0 Å². The third kappa shape index (κ3) is 3.68. The lowest BCUT2D eigenvalue weighted by Crippen LogP contribution is -2.19. The highest BCUT2D eigenvalue weighted by molar-refractivity contribution is 7.15. The summed E-state index contributed by atoms with van der Waals surface area (Å²) in [6, 6.07) is 0. The fourth-order valence-corrected chi connectivity index (χ4v) is 3.54. The second-order valence-corrected chi connectivity index (χ2v) is 6.15. The number of hydrogen-bond donors (Lipinski definition) is 1. The van der Waals surface area contributed by atoms with Crippen LogP contribution in [0.4, 0.5) is 5.13 Å². The van der Waals surface area contributed by atoms with E-state index < -0.39 is 0 Å². The van der Waals surface area contributed by atoms with E-state index in [1.54, 1.807) is 7.11 Å². The summed E-state index contributed by atoms with van der Waals surface area (Å²) < 4.78 is 5.26. The molecule has 0 amide bonds. The Morgan fingerprint density at radius 2 is 2.32 bits per heavy atom. The van der Waals surface area contributed by atoms with Crippen LogP contribution >= 0.6 is 11.3 Å². The van der Waals surface area contributed by atoms with E-state index in [2.05, 4.69) is 24.1 Å². The quantitative estimate of drug-likeness (QED) is 0.835.